The van der Waals surface area contributed by atoms with E-state index >= 15 is 0 Å². The summed E-state index contributed by atoms with van der Waals surface area (Å²) >= 11 is 0. The Balaban J connectivity index is 1.80. The largest absolute Gasteiger partial charge is 0.480 e. The van der Waals surface area contributed by atoms with Crippen molar-refractivity contribution in [3.05, 3.63) is 71.9 Å². The molecular formula is C29H37N5O5. The van der Waals surface area contributed by atoms with Crippen LogP contribution in [0.15, 0.2) is 60.8 Å². The number of carbonyl (C=O) groups excluding carboxylic acids is 3. The first-order valence-corrected chi connectivity index (χ1v) is 13.0. The first-order valence-electron chi connectivity index (χ1n) is 13.0. The summed E-state index contributed by atoms with van der Waals surface area (Å²) in [7, 11) is 0. The maximum Gasteiger partial charge on any atom is 0.326 e. The molecular weight excluding hydrogens is 498 g/mol. The number of amides is 3. The van der Waals surface area contributed by atoms with Crippen LogP contribution in [0.1, 0.15) is 38.3 Å². The number of aliphatic carboxylic acids is 1. The van der Waals surface area contributed by atoms with E-state index in [4.69, 9.17) is 5.73 Å². The van der Waals surface area contributed by atoms with Gasteiger partial charge in [-0.2, -0.15) is 0 Å². The molecule has 10 heteroatoms. The van der Waals surface area contributed by atoms with E-state index in [0.717, 1.165) is 22.0 Å². The highest BCUT2D eigenvalue weighted by Gasteiger charge is 2.31. The quantitative estimate of drug-likeness (QED) is 0.195. The van der Waals surface area contributed by atoms with Crippen LogP contribution in [-0.4, -0.2) is 57.9 Å². The van der Waals surface area contributed by atoms with E-state index in [1.807, 2.05) is 44.2 Å². The van der Waals surface area contributed by atoms with E-state index in [0.29, 0.717) is 0 Å². The highest BCUT2D eigenvalue weighted by molar-refractivity contribution is 5.94. The number of H-pyrrole nitrogens is 1. The van der Waals surface area contributed by atoms with Crippen LogP contribution in [0.5, 0.6) is 0 Å². The number of benzene rings is 2. The van der Waals surface area contributed by atoms with Crippen molar-refractivity contribution in [2.75, 3.05) is 0 Å². The molecule has 1 heterocycles. The van der Waals surface area contributed by atoms with Crippen LogP contribution in [0.2, 0.25) is 0 Å². The predicted molar refractivity (Wildman–Crippen MR) is 149 cm³/mol. The van der Waals surface area contributed by atoms with Gasteiger partial charge in [-0.1, -0.05) is 62.4 Å². The zero-order chi connectivity index (χ0) is 28.5. The minimum atomic E-state index is -1.18. The molecule has 0 radical (unpaired) electrons. The second kappa shape index (κ2) is 13.6. The van der Waals surface area contributed by atoms with Crippen LogP contribution >= 0.6 is 0 Å². The lowest BCUT2D eigenvalue weighted by Crippen LogP contribution is -2.57. The fourth-order valence-corrected chi connectivity index (χ4v) is 4.33. The molecule has 0 aliphatic carbocycles. The average Bonchev–Trinajstić information content (AvgIpc) is 3.30. The zero-order valence-electron chi connectivity index (χ0n) is 22.4. The van der Waals surface area contributed by atoms with Crippen LogP contribution < -0.4 is 21.7 Å². The van der Waals surface area contributed by atoms with Gasteiger partial charge in [-0.15, -0.1) is 0 Å². The van der Waals surface area contributed by atoms with Crippen molar-refractivity contribution in [1.29, 1.82) is 0 Å². The summed E-state index contributed by atoms with van der Waals surface area (Å²) in [4.78, 5) is 54.3. The van der Waals surface area contributed by atoms with Crippen LogP contribution in [0.3, 0.4) is 0 Å². The lowest BCUT2D eigenvalue weighted by Gasteiger charge is -2.26. The number of rotatable bonds is 13. The number of carboxylic acid groups (broad SMARTS) is 1. The van der Waals surface area contributed by atoms with Gasteiger partial charge in [-0.05, 0) is 36.5 Å². The Morgan fingerprint density at radius 2 is 1.38 bits per heavy atom. The smallest absolute Gasteiger partial charge is 0.326 e. The van der Waals surface area contributed by atoms with E-state index in [1.54, 1.807) is 30.5 Å². The standard InChI is InChI=1S/C29H37N5O5/c1-17(2)13-23(27(36)34-25(29(38)39)14-19-9-5-4-6-10-19)33-28(37)24(32-26(35)18(3)30)15-20-16-31-22-12-8-7-11-21(20)22/h4-12,16-18,23-25,31H,13-15,30H2,1-3H3,(H,32,35)(H,33,37)(H,34,36)(H,38,39). The molecule has 2 aromatic carbocycles. The number of aromatic amines is 1. The van der Waals surface area contributed by atoms with E-state index < -0.39 is 47.9 Å². The van der Waals surface area contributed by atoms with Gasteiger partial charge in [0.05, 0.1) is 6.04 Å². The number of hydrogen-bond acceptors (Lipinski definition) is 5. The van der Waals surface area contributed by atoms with Crippen LogP contribution in [0.4, 0.5) is 0 Å². The maximum atomic E-state index is 13.5. The molecule has 10 nitrogen and oxygen atoms in total. The minimum Gasteiger partial charge on any atom is -0.480 e. The first-order chi connectivity index (χ1) is 18.5. The third-order valence-electron chi connectivity index (χ3n) is 6.38. The first kappa shape index (κ1) is 29.4. The summed E-state index contributed by atoms with van der Waals surface area (Å²) in [5.74, 6) is -2.84. The van der Waals surface area contributed by atoms with Gasteiger partial charge in [0, 0.05) is 29.9 Å². The SMILES string of the molecule is CC(C)CC(NC(=O)C(Cc1c[nH]c2ccccc12)NC(=O)C(C)N)C(=O)NC(Cc1ccccc1)C(=O)O. The molecule has 4 unspecified atom stereocenters. The summed E-state index contributed by atoms with van der Waals surface area (Å²) in [6.07, 6.45) is 2.31. The number of carbonyl (C=O) groups is 4. The lowest BCUT2D eigenvalue weighted by atomic mass is 9.99. The number of carboxylic acids is 1. The maximum absolute atomic E-state index is 13.5. The van der Waals surface area contributed by atoms with Crippen LogP contribution in [0, 0.1) is 5.92 Å². The minimum absolute atomic E-state index is 0.0178. The number of nitrogens with two attached hydrogens (primary N) is 1. The Bertz CT molecular complexity index is 1290. The third-order valence-corrected chi connectivity index (χ3v) is 6.38. The third kappa shape index (κ3) is 8.41. The van der Waals surface area contributed by atoms with Crippen LogP contribution in [0.25, 0.3) is 10.9 Å². The second-order valence-corrected chi connectivity index (χ2v) is 10.2. The molecule has 3 aromatic rings. The Hall–Kier alpha value is -4.18. The van der Waals surface area contributed by atoms with Crippen LogP contribution in [-0.2, 0) is 32.0 Å². The molecule has 0 aliphatic rings. The molecule has 3 amide bonds. The predicted octanol–water partition coefficient (Wildman–Crippen LogP) is 1.89. The van der Waals surface area contributed by atoms with Gasteiger partial charge in [-0.25, -0.2) is 4.79 Å². The van der Waals surface area contributed by atoms with Crippen molar-refractivity contribution in [3.63, 3.8) is 0 Å². The Morgan fingerprint density at radius 1 is 0.795 bits per heavy atom. The number of aromatic nitrogens is 1. The van der Waals surface area contributed by atoms with Gasteiger partial charge < -0.3 is 31.8 Å². The van der Waals surface area contributed by atoms with Gasteiger partial charge in [0.2, 0.25) is 17.7 Å². The van der Waals surface area contributed by atoms with Crippen molar-refractivity contribution in [2.45, 2.75) is 64.2 Å². The number of para-hydroxylation sites is 1. The second-order valence-electron chi connectivity index (χ2n) is 10.2. The van der Waals surface area contributed by atoms with Gasteiger partial charge in [0.15, 0.2) is 0 Å². The summed E-state index contributed by atoms with van der Waals surface area (Å²) < 4.78 is 0. The number of fused-ring (bicyclic) bond motifs is 1. The summed E-state index contributed by atoms with van der Waals surface area (Å²) in [5, 5.41) is 18.7. The van der Waals surface area contributed by atoms with Crippen molar-refractivity contribution < 1.29 is 24.3 Å². The molecule has 1 aromatic heterocycles. The molecule has 7 N–H and O–H groups in total. The Kier molecular flexibility index (Phi) is 10.2. The summed E-state index contributed by atoms with van der Waals surface area (Å²) in [5.41, 5.74) is 8.20. The van der Waals surface area contributed by atoms with E-state index in [-0.39, 0.29) is 25.2 Å². The molecule has 39 heavy (non-hydrogen) atoms. The van der Waals surface area contributed by atoms with Gasteiger partial charge in [0.25, 0.3) is 0 Å². The highest BCUT2D eigenvalue weighted by atomic mass is 16.4. The Morgan fingerprint density at radius 3 is 2.03 bits per heavy atom. The van der Waals surface area contributed by atoms with E-state index in [1.165, 1.54) is 6.92 Å². The molecule has 3 rings (SSSR count). The highest BCUT2D eigenvalue weighted by Crippen LogP contribution is 2.19. The number of hydrogen-bond donors (Lipinski definition) is 6. The van der Waals surface area contributed by atoms with E-state index in [9.17, 15) is 24.3 Å². The Labute approximate surface area is 227 Å². The van der Waals surface area contributed by atoms with Gasteiger partial charge in [0.1, 0.15) is 18.1 Å². The zero-order valence-corrected chi connectivity index (χ0v) is 22.4. The summed E-state index contributed by atoms with van der Waals surface area (Å²) in [6.45, 7) is 5.31. The molecule has 0 fully saturated rings. The fourth-order valence-electron chi connectivity index (χ4n) is 4.33. The average molecular weight is 536 g/mol. The molecule has 0 aliphatic heterocycles. The topological polar surface area (TPSA) is 166 Å². The van der Waals surface area contributed by atoms with Crippen molar-refractivity contribution in [3.8, 4) is 0 Å². The molecule has 0 saturated heterocycles. The van der Waals surface area contributed by atoms with Crippen molar-refractivity contribution >= 4 is 34.6 Å². The molecule has 4 atom stereocenters. The molecule has 208 valence electrons. The van der Waals surface area contributed by atoms with Gasteiger partial charge >= 0.3 is 5.97 Å². The van der Waals surface area contributed by atoms with Crippen molar-refractivity contribution in [1.82, 2.24) is 20.9 Å². The van der Waals surface area contributed by atoms with E-state index in [2.05, 4.69) is 20.9 Å². The molecule has 0 saturated carbocycles. The van der Waals surface area contributed by atoms with Crippen molar-refractivity contribution in [2.24, 2.45) is 11.7 Å². The monoisotopic (exact) mass is 535 g/mol. The lowest BCUT2D eigenvalue weighted by molar-refractivity contribution is -0.142. The molecule has 0 spiro atoms. The number of nitrogens with one attached hydrogen (secondary N) is 4. The summed E-state index contributed by atoms with van der Waals surface area (Å²) in [6, 6.07) is 12.5. The molecule has 0 bridgehead atoms. The normalized spacial score (nSPS) is 14.3. The fraction of sp³-hybridized carbons (Fsp3) is 0.379. The van der Waals surface area contributed by atoms with Gasteiger partial charge in [-0.3, -0.25) is 14.4 Å².